The lowest BCUT2D eigenvalue weighted by Crippen LogP contribution is -2.49. The molecule has 3 heteroatoms. The van der Waals surface area contributed by atoms with E-state index in [1.807, 2.05) is 6.92 Å². The molecule has 0 aliphatic heterocycles. The highest BCUT2D eigenvalue weighted by Crippen LogP contribution is 2.26. The Morgan fingerprint density at radius 1 is 1.06 bits per heavy atom. The second-order valence-electron chi connectivity index (χ2n) is 7.58. The first-order valence-corrected chi connectivity index (χ1v) is 6.97. The fourth-order valence-electron chi connectivity index (χ4n) is 2.18. The molecule has 1 amide bonds. The molecule has 18 heavy (non-hydrogen) atoms. The van der Waals surface area contributed by atoms with Crippen LogP contribution in [0.3, 0.4) is 0 Å². The average Bonchev–Trinajstić information content (AvgIpc) is 2.11. The second kappa shape index (κ2) is 6.55. The molecule has 0 spiro atoms. The molecule has 0 aromatic carbocycles. The minimum Gasteiger partial charge on any atom is -0.352 e. The Bertz CT molecular complexity index is 264. The van der Waals surface area contributed by atoms with Gasteiger partial charge in [-0.25, -0.2) is 0 Å². The zero-order valence-corrected chi connectivity index (χ0v) is 13.5. The van der Waals surface area contributed by atoms with Gasteiger partial charge in [-0.1, -0.05) is 34.6 Å². The molecular weight excluding hydrogens is 224 g/mol. The summed E-state index contributed by atoms with van der Waals surface area (Å²) >= 11 is 0. The van der Waals surface area contributed by atoms with Crippen LogP contribution in [0.15, 0.2) is 0 Å². The monoisotopic (exact) mass is 256 g/mol. The lowest BCUT2D eigenvalue weighted by Gasteiger charge is -2.33. The van der Waals surface area contributed by atoms with Gasteiger partial charge < -0.3 is 10.6 Å². The van der Waals surface area contributed by atoms with Crippen molar-refractivity contribution < 1.29 is 4.79 Å². The predicted octanol–water partition coefficient (Wildman–Crippen LogP) is 2.95. The summed E-state index contributed by atoms with van der Waals surface area (Å²) in [6.45, 7) is 17.6. The number of amides is 1. The van der Waals surface area contributed by atoms with Crippen molar-refractivity contribution in [1.29, 1.82) is 0 Å². The van der Waals surface area contributed by atoms with Crippen LogP contribution in [-0.4, -0.2) is 24.0 Å². The van der Waals surface area contributed by atoms with Crippen LogP contribution in [0.4, 0.5) is 0 Å². The van der Waals surface area contributed by atoms with Gasteiger partial charge in [0, 0.05) is 11.6 Å². The molecule has 0 aromatic rings. The van der Waals surface area contributed by atoms with Gasteiger partial charge in [0.15, 0.2) is 0 Å². The second-order valence-corrected chi connectivity index (χ2v) is 7.58. The van der Waals surface area contributed by atoms with E-state index >= 15 is 0 Å². The van der Waals surface area contributed by atoms with Crippen molar-refractivity contribution in [1.82, 2.24) is 10.6 Å². The van der Waals surface area contributed by atoms with Gasteiger partial charge in [-0.3, -0.25) is 4.79 Å². The predicted molar refractivity (Wildman–Crippen MR) is 78.6 cm³/mol. The van der Waals surface area contributed by atoms with Gasteiger partial charge in [0.25, 0.3) is 0 Å². The van der Waals surface area contributed by atoms with E-state index in [4.69, 9.17) is 0 Å². The summed E-state index contributed by atoms with van der Waals surface area (Å²) in [6, 6.07) is 0.227. The smallest absolute Gasteiger partial charge is 0.234 e. The van der Waals surface area contributed by atoms with Crippen LogP contribution in [0.2, 0.25) is 0 Å². The summed E-state index contributed by atoms with van der Waals surface area (Å²) in [6.07, 6.45) is 1.03. The van der Waals surface area contributed by atoms with Crippen LogP contribution in [0, 0.1) is 11.3 Å². The summed E-state index contributed by atoms with van der Waals surface area (Å²) in [4.78, 5) is 11.8. The van der Waals surface area contributed by atoms with E-state index in [0.717, 1.165) is 6.42 Å². The molecule has 2 N–H and O–H groups in total. The van der Waals surface area contributed by atoms with Crippen molar-refractivity contribution in [2.24, 2.45) is 11.3 Å². The zero-order chi connectivity index (χ0) is 14.6. The Kier molecular flexibility index (Phi) is 6.35. The molecule has 0 fully saturated rings. The van der Waals surface area contributed by atoms with E-state index in [1.165, 1.54) is 0 Å². The number of carbonyl (C=O) groups excluding carboxylic acids is 1. The number of nitrogens with one attached hydrogen (secondary N) is 2. The topological polar surface area (TPSA) is 41.1 Å². The van der Waals surface area contributed by atoms with E-state index in [2.05, 4.69) is 59.1 Å². The molecule has 0 bridgehead atoms. The summed E-state index contributed by atoms with van der Waals surface area (Å²) in [5.74, 6) is 0.551. The van der Waals surface area contributed by atoms with Crippen LogP contribution in [0.25, 0.3) is 0 Å². The number of hydrogen-bond acceptors (Lipinski definition) is 2. The fourth-order valence-corrected chi connectivity index (χ4v) is 2.18. The first-order valence-electron chi connectivity index (χ1n) is 6.97. The molecule has 108 valence electrons. The normalized spacial score (nSPS) is 14.7. The highest BCUT2D eigenvalue weighted by Gasteiger charge is 2.25. The first kappa shape index (κ1) is 17.4. The van der Waals surface area contributed by atoms with Gasteiger partial charge in [-0.2, -0.15) is 0 Å². The Morgan fingerprint density at radius 3 is 1.94 bits per heavy atom. The Labute approximate surface area is 113 Å². The van der Waals surface area contributed by atoms with Gasteiger partial charge in [-0.05, 0) is 38.5 Å². The zero-order valence-electron chi connectivity index (χ0n) is 13.5. The third-order valence-electron chi connectivity index (χ3n) is 3.09. The molecule has 1 atom stereocenters. The summed E-state index contributed by atoms with van der Waals surface area (Å²) in [7, 11) is 0. The third kappa shape index (κ3) is 8.51. The van der Waals surface area contributed by atoms with Crippen molar-refractivity contribution in [3.8, 4) is 0 Å². The molecule has 0 rings (SSSR count). The Hall–Kier alpha value is -0.570. The number of carbonyl (C=O) groups is 1. The third-order valence-corrected chi connectivity index (χ3v) is 3.09. The Balaban J connectivity index is 4.12. The van der Waals surface area contributed by atoms with Gasteiger partial charge >= 0.3 is 0 Å². The molecule has 0 aliphatic carbocycles. The lowest BCUT2D eigenvalue weighted by molar-refractivity contribution is -0.121. The molecule has 0 aromatic heterocycles. The van der Waals surface area contributed by atoms with Gasteiger partial charge in [0.2, 0.25) is 5.91 Å². The van der Waals surface area contributed by atoms with Crippen LogP contribution in [-0.2, 0) is 4.79 Å². The maximum atomic E-state index is 11.8. The molecule has 0 aliphatic rings. The molecular formula is C15H32N2O. The quantitative estimate of drug-likeness (QED) is 0.767. The van der Waals surface area contributed by atoms with Crippen LogP contribution >= 0.6 is 0 Å². The van der Waals surface area contributed by atoms with Crippen molar-refractivity contribution in [3.63, 3.8) is 0 Å². The SMILES string of the molecule is CC(C)C(C)NC(=O)CNC(C)(C)CC(C)(C)C. The largest absolute Gasteiger partial charge is 0.352 e. The average molecular weight is 256 g/mol. The van der Waals surface area contributed by atoms with Crippen molar-refractivity contribution >= 4 is 5.91 Å². The highest BCUT2D eigenvalue weighted by molar-refractivity contribution is 5.78. The standard InChI is InChI=1S/C15H32N2O/c1-11(2)12(3)17-13(18)9-16-15(7,8)10-14(4,5)6/h11-12,16H,9-10H2,1-8H3,(H,17,18). The molecule has 1 unspecified atom stereocenters. The summed E-state index contributed by atoms with van der Waals surface area (Å²) in [5.41, 5.74) is 0.245. The lowest BCUT2D eigenvalue weighted by atomic mass is 9.82. The van der Waals surface area contributed by atoms with Crippen LogP contribution < -0.4 is 10.6 Å². The highest BCUT2D eigenvalue weighted by atomic mass is 16.2. The molecule has 0 heterocycles. The van der Waals surface area contributed by atoms with Crippen LogP contribution in [0.1, 0.15) is 61.8 Å². The number of hydrogen-bond donors (Lipinski definition) is 2. The minimum absolute atomic E-state index is 0.0172. The Morgan fingerprint density at radius 2 is 1.56 bits per heavy atom. The van der Waals surface area contributed by atoms with Gasteiger partial charge in [0.05, 0.1) is 6.54 Å². The summed E-state index contributed by atoms with van der Waals surface area (Å²) < 4.78 is 0. The first-order chi connectivity index (χ1) is 7.93. The van der Waals surface area contributed by atoms with E-state index < -0.39 is 0 Å². The maximum Gasteiger partial charge on any atom is 0.234 e. The van der Waals surface area contributed by atoms with Crippen molar-refractivity contribution in [2.45, 2.75) is 73.4 Å². The molecule has 0 saturated heterocycles. The fraction of sp³-hybridized carbons (Fsp3) is 0.933. The maximum absolute atomic E-state index is 11.8. The van der Waals surface area contributed by atoms with Gasteiger partial charge in [0.1, 0.15) is 0 Å². The van der Waals surface area contributed by atoms with Crippen molar-refractivity contribution in [2.75, 3.05) is 6.54 Å². The van der Waals surface area contributed by atoms with E-state index in [-0.39, 0.29) is 22.9 Å². The summed E-state index contributed by atoms with van der Waals surface area (Å²) in [5, 5.41) is 6.36. The molecule has 0 saturated carbocycles. The van der Waals surface area contributed by atoms with E-state index in [9.17, 15) is 4.79 Å². The van der Waals surface area contributed by atoms with Crippen molar-refractivity contribution in [3.05, 3.63) is 0 Å². The molecule has 0 radical (unpaired) electrons. The number of rotatable bonds is 6. The minimum atomic E-state index is -0.0172. The van der Waals surface area contributed by atoms with Crippen LogP contribution in [0.5, 0.6) is 0 Å². The van der Waals surface area contributed by atoms with Gasteiger partial charge in [-0.15, -0.1) is 0 Å². The van der Waals surface area contributed by atoms with E-state index in [1.54, 1.807) is 0 Å². The van der Waals surface area contributed by atoms with E-state index in [0.29, 0.717) is 12.5 Å². The molecule has 3 nitrogen and oxygen atoms in total.